The summed E-state index contributed by atoms with van der Waals surface area (Å²) in [4.78, 5) is 33.2. The first kappa shape index (κ1) is 11.6. The normalized spacial score (nSPS) is 22.2. The van der Waals surface area contributed by atoms with E-state index in [0.29, 0.717) is 0 Å². The first-order valence-corrected chi connectivity index (χ1v) is 4.50. The molecule has 6 nitrogen and oxygen atoms in total. The zero-order valence-corrected chi connectivity index (χ0v) is 8.83. The van der Waals surface area contributed by atoms with Gasteiger partial charge in [0.2, 0.25) is 6.04 Å². The van der Waals surface area contributed by atoms with Crippen LogP contribution < -0.4 is 5.32 Å². The first-order valence-electron chi connectivity index (χ1n) is 4.50. The zero-order valence-electron chi connectivity index (χ0n) is 8.83. The van der Waals surface area contributed by atoms with Crippen LogP contribution in [0, 0.1) is 0 Å². The maximum atomic E-state index is 11.4. The van der Waals surface area contributed by atoms with Gasteiger partial charge in [0.25, 0.3) is 0 Å². The van der Waals surface area contributed by atoms with E-state index < -0.39 is 29.6 Å². The maximum Gasteiger partial charge on any atom is 0.342 e. The Labute approximate surface area is 86.9 Å². The Bertz CT molecular complexity index is 304. The van der Waals surface area contributed by atoms with E-state index in [-0.39, 0.29) is 6.54 Å². The van der Waals surface area contributed by atoms with Crippen LogP contribution >= 0.6 is 0 Å². The second-order valence-electron chi connectivity index (χ2n) is 4.14. The summed E-state index contributed by atoms with van der Waals surface area (Å²) in [5.41, 5.74) is -0.680. The van der Waals surface area contributed by atoms with Crippen LogP contribution in [0.15, 0.2) is 0 Å². The number of ether oxygens (including phenoxy) is 2. The van der Waals surface area contributed by atoms with E-state index in [9.17, 15) is 14.4 Å². The average molecular weight is 215 g/mol. The molecule has 1 atom stereocenters. The Morgan fingerprint density at radius 2 is 2.07 bits per heavy atom. The van der Waals surface area contributed by atoms with Crippen molar-refractivity contribution in [1.29, 1.82) is 0 Å². The first-order chi connectivity index (χ1) is 6.79. The van der Waals surface area contributed by atoms with Gasteiger partial charge in [0.05, 0.1) is 6.54 Å². The summed E-state index contributed by atoms with van der Waals surface area (Å²) in [6.45, 7) is 4.88. The smallest absolute Gasteiger partial charge is 0.342 e. The van der Waals surface area contributed by atoms with E-state index in [1.54, 1.807) is 20.8 Å². The quantitative estimate of drug-likeness (QED) is 0.463. The zero-order chi connectivity index (χ0) is 11.6. The molecule has 0 amide bonds. The fourth-order valence-electron chi connectivity index (χ4n) is 1.02. The molecule has 0 saturated carbocycles. The van der Waals surface area contributed by atoms with Gasteiger partial charge in [-0.2, -0.15) is 0 Å². The molecule has 84 valence electrons. The molecule has 0 aromatic rings. The summed E-state index contributed by atoms with van der Waals surface area (Å²) >= 11 is 0. The van der Waals surface area contributed by atoms with Crippen LogP contribution in [0.2, 0.25) is 0 Å². The lowest BCUT2D eigenvalue weighted by atomic mass is 10.2. The summed E-state index contributed by atoms with van der Waals surface area (Å²) < 4.78 is 9.26. The van der Waals surface area contributed by atoms with E-state index in [2.05, 4.69) is 10.1 Å². The molecule has 1 unspecified atom stereocenters. The summed E-state index contributed by atoms with van der Waals surface area (Å²) in [6, 6.07) is -1.21. The SMILES string of the molecule is CC(C)(C)OC(=O)C1NCC(=O)OC1=O. The molecule has 0 spiro atoms. The topological polar surface area (TPSA) is 81.7 Å². The molecule has 1 aliphatic rings. The molecule has 1 fully saturated rings. The van der Waals surface area contributed by atoms with E-state index >= 15 is 0 Å². The van der Waals surface area contributed by atoms with Crippen molar-refractivity contribution in [2.75, 3.05) is 6.54 Å². The number of esters is 3. The third-order valence-corrected chi connectivity index (χ3v) is 1.54. The van der Waals surface area contributed by atoms with Crippen molar-refractivity contribution in [1.82, 2.24) is 5.32 Å². The summed E-state index contributed by atoms with van der Waals surface area (Å²) in [5.74, 6) is -2.35. The molecule has 15 heavy (non-hydrogen) atoms. The maximum absolute atomic E-state index is 11.4. The molecule has 1 N–H and O–H groups in total. The van der Waals surface area contributed by atoms with Gasteiger partial charge in [-0.3, -0.25) is 10.1 Å². The van der Waals surface area contributed by atoms with Gasteiger partial charge >= 0.3 is 17.9 Å². The number of morpholine rings is 1. The molecule has 0 radical (unpaired) electrons. The van der Waals surface area contributed by atoms with Crippen LogP contribution in [0.4, 0.5) is 0 Å². The Morgan fingerprint density at radius 3 is 2.53 bits per heavy atom. The Balaban J connectivity index is 2.61. The van der Waals surface area contributed by atoms with Crippen LogP contribution in [-0.2, 0) is 23.9 Å². The summed E-state index contributed by atoms with van der Waals surface area (Å²) in [5, 5.41) is 2.44. The van der Waals surface area contributed by atoms with Crippen molar-refractivity contribution in [3.05, 3.63) is 0 Å². The third-order valence-electron chi connectivity index (χ3n) is 1.54. The van der Waals surface area contributed by atoms with Gasteiger partial charge in [-0.25, -0.2) is 9.59 Å². The van der Waals surface area contributed by atoms with Crippen molar-refractivity contribution in [2.45, 2.75) is 32.4 Å². The van der Waals surface area contributed by atoms with Gasteiger partial charge in [0, 0.05) is 0 Å². The summed E-state index contributed by atoms with van der Waals surface area (Å²) in [7, 11) is 0. The van der Waals surface area contributed by atoms with Gasteiger partial charge in [0.15, 0.2) is 0 Å². The Kier molecular flexibility index (Phi) is 3.09. The Morgan fingerprint density at radius 1 is 1.47 bits per heavy atom. The second kappa shape index (κ2) is 3.98. The number of hydrogen-bond acceptors (Lipinski definition) is 6. The molecule has 6 heteroatoms. The third kappa shape index (κ3) is 3.32. The molecule has 0 aromatic carbocycles. The minimum Gasteiger partial charge on any atom is -0.458 e. The minimum absolute atomic E-state index is 0.171. The fraction of sp³-hybridized carbons (Fsp3) is 0.667. The molecule has 1 rings (SSSR count). The van der Waals surface area contributed by atoms with Crippen molar-refractivity contribution < 1.29 is 23.9 Å². The lowest BCUT2D eigenvalue weighted by Gasteiger charge is -2.25. The molecular formula is C9H13NO5. The molecule has 0 aliphatic carbocycles. The highest BCUT2D eigenvalue weighted by atomic mass is 16.6. The number of nitrogens with one attached hydrogen (secondary N) is 1. The molecule has 0 bridgehead atoms. The van der Waals surface area contributed by atoms with Crippen LogP contribution in [-0.4, -0.2) is 36.1 Å². The number of carbonyl (C=O) groups excluding carboxylic acids is 3. The predicted molar refractivity (Wildman–Crippen MR) is 48.7 cm³/mol. The molecule has 1 aliphatic heterocycles. The van der Waals surface area contributed by atoms with Gasteiger partial charge in [-0.1, -0.05) is 0 Å². The van der Waals surface area contributed by atoms with Crippen molar-refractivity contribution >= 4 is 17.9 Å². The van der Waals surface area contributed by atoms with Crippen LogP contribution in [0.25, 0.3) is 0 Å². The minimum atomic E-state index is -1.21. The standard InChI is InChI=1S/C9H13NO5/c1-9(2,3)15-8(13)6-7(12)14-5(11)4-10-6/h6,10H,4H2,1-3H3. The number of rotatable bonds is 1. The number of carbonyl (C=O) groups is 3. The Hall–Kier alpha value is -1.43. The highest BCUT2D eigenvalue weighted by Gasteiger charge is 2.37. The summed E-state index contributed by atoms with van der Waals surface area (Å²) in [6.07, 6.45) is 0. The molecule has 1 heterocycles. The molecule has 1 saturated heterocycles. The van der Waals surface area contributed by atoms with Crippen molar-refractivity contribution in [2.24, 2.45) is 0 Å². The average Bonchev–Trinajstić information content (AvgIpc) is 1.99. The van der Waals surface area contributed by atoms with Crippen LogP contribution in [0.5, 0.6) is 0 Å². The highest BCUT2D eigenvalue weighted by Crippen LogP contribution is 2.10. The van der Waals surface area contributed by atoms with Crippen molar-refractivity contribution in [3.8, 4) is 0 Å². The molecular weight excluding hydrogens is 202 g/mol. The van der Waals surface area contributed by atoms with E-state index in [4.69, 9.17) is 4.74 Å². The lowest BCUT2D eigenvalue weighted by Crippen LogP contribution is -2.53. The van der Waals surface area contributed by atoms with Crippen LogP contribution in [0.3, 0.4) is 0 Å². The predicted octanol–water partition coefficient (Wildman–Crippen LogP) is -0.630. The van der Waals surface area contributed by atoms with Crippen molar-refractivity contribution in [3.63, 3.8) is 0 Å². The highest BCUT2D eigenvalue weighted by molar-refractivity contribution is 6.05. The van der Waals surface area contributed by atoms with Gasteiger partial charge in [0.1, 0.15) is 5.60 Å². The van der Waals surface area contributed by atoms with E-state index in [1.807, 2.05) is 0 Å². The van der Waals surface area contributed by atoms with Gasteiger partial charge < -0.3 is 9.47 Å². The van der Waals surface area contributed by atoms with Gasteiger partial charge in [-0.15, -0.1) is 0 Å². The van der Waals surface area contributed by atoms with Crippen LogP contribution in [0.1, 0.15) is 20.8 Å². The second-order valence-corrected chi connectivity index (χ2v) is 4.14. The largest absolute Gasteiger partial charge is 0.458 e. The lowest BCUT2D eigenvalue weighted by molar-refractivity contribution is -0.173. The van der Waals surface area contributed by atoms with Gasteiger partial charge in [-0.05, 0) is 20.8 Å². The monoisotopic (exact) mass is 215 g/mol. The van der Waals surface area contributed by atoms with E-state index in [0.717, 1.165) is 0 Å². The number of hydrogen-bond donors (Lipinski definition) is 1. The number of cyclic esters (lactones) is 2. The fourth-order valence-corrected chi connectivity index (χ4v) is 1.02. The van der Waals surface area contributed by atoms with E-state index in [1.165, 1.54) is 0 Å². The molecule has 0 aromatic heterocycles.